The van der Waals surface area contributed by atoms with Gasteiger partial charge in [0.15, 0.2) is 0 Å². The molecule has 0 fully saturated rings. The fraction of sp³-hybridized carbons (Fsp3) is 0.250. The van der Waals surface area contributed by atoms with Gasteiger partial charge in [-0.25, -0.2) is 0 Å². The Bertz CT molecular complexity index is 2390. The molecule has 0 saturated heterocycles. The van der Waals surface area contributed by atoms with E-state index in [9.17, 15) is 0 Å². The summed E-state index contributed by atoms with van der Waals surface area (Å²) in [5.41, 5.74) is 25.0. The zero-order valence-corrected chi connectivity index (χ0v) is 30.6. The van der Waals surface area contributed by atoms with Crippen molar-refractivity contribution in [1.29, 1.82) is 0 Å². The predicted octanol–water partition coefficient (Wildman–Crippen LogP) is 12.9. The summed E-state index contributed by atoms with van der Waals surface area (Å²) in [6, 6.07) is 36.0. The van der Waals surface area contributed by atoms with Crippen molar-refractivity contribution in [3.05, 3.63) is 147 Å². The first kappa shape index (κ1) is 30.2. The Labute approximate surface area is 291 Å². The van der Waals surface area contributed by atoms with Crippen LogP contribution in [0, 0.1) is 41.5 Å². The first-order chi connectivity index (χ1) is 23.2. The smallest absolute Gasteiger partial charge is 0.0582 e. The number of rotatable bonds is 3. The second-order valence-electron chi connectivity index (χ2n) is 16.5. The minimum Gasteiger partial charge on any atom is -0.308 e. The molecule has 0 atom stereocenters. The van der Waals surface area contributed by atoms with Crippen molar-refractivity contribution in [3.8, 4) is 39.1 Å². The Morgan fingerprint density at radius 2 is 0.592 bits per heavy atom. The molecule has 0 spiro atoms. The average molecular weight is 636 g/mol. The summed E-state index contributed by atoms with van der Waals surface area (Å²) in [6.07, 6.45) is 0. The van der Waals surface area contributed by atoms with Crippen molar-refractivity contribution in [1.82, 2.24) is 4.57 Å². The lowest BCUT2D eigenvalue weighted by Crippen LogP contribution is -2.33. The van der Waals surface area contributed by atoms with E-state index >= 15 is 0 Å². The summed E-state index contributed by atoms with van der Waals surface area (Å²) in [7, 11) is 0. The lowest BCUT2D eigenvalue weighted by atomic mass is 9.67. The number of hydrogen-bond donors (Lipinski definition) is 0. The van der Waals surface area contributed by atoms with Crippen LogP contribution in [0.4, 0.5) is 0 Å². The standard InChI is InChI=1S/C48H45N/c1-26-11-27(2)15-32(14-26)35-20-38-39-21-36(33-16-28(3)12-29(4)17-33)23-41-45(39)49-44(38)40(22-35)47(7,8)42-24-37(25-43(46(42)49)48(41,9)10)34-18-30(5)13-31(6)19-34/h11-25H,1-10H3. The molecule has 1 nitrogen and oxygen atoms in total. The molecule has 0 amide bonds. The number of nitrogens with zero attached hydrogens (tertiary/aromatic N) is 1. The third kappa shape index (κ3) is 4.24. The van der Waals surface area contributed by atoms with E-state index in [0.29, 0.717) is 0 Å². The van der Waals surface area contributed by atoms with E-state index in [0.717, 1.165) is 0 Å². The summed E-state index contributed by atoms with van der Waals surface area (Å²) in [6.45, 7) is 23.1. The van der Waals surface area contributed by atoms with Crippen LogP contribution < -0.4 is 0 Å². The van der Waals surface area contributed by atoms with Gasteiger partial charge < -0.3 is 4.57 Å². The highest BCUT2D eigenvalue weighted by atomic mass is 15.0. The molecule has 2 aliphatic rings. The minimum atomic E-state index is -0.208. The van der Waals surface area contributed by atoms with E-state index in [2.05, 4.69) is 165 Å². The summed E-state index contributed by atoms with van der Waals surface area (Å²) >= 11 is 0. The Kier molecular flexibility index (Phi) is 6.07. The predicted molar refractivity (Wildman–Crippen MR) is 210 cm³/mol. The van der Waals surface area contributed by atoms with Gasteiger partial charge in [-0.05, 0) is 134 Å². The Balaban J connectivity index is 1.47. The Morgan fingerprint density at radius 3 is 0.918 bits per heavy atom. The first-order valence-corrected chi connectivity index (χ1v) is 17.8. The molecule has 6 aromatic carbocycles. The second kappa shape index (κ2) is 9.85. The third-order valence-corrected chi connectivity index (χ3v) is 11.6. The van der Waals surface area contributed by atoms with E-state index < -0.39 is 0 Å². The molecule has 0 radical (unpaired) electrons. The van der Waals surface area contributed by atoms with Crippen LogP contribution in [0.2, 0.25) is 0 Å². The molecule has 0 bridgehead atoms. The molecule has 1 heteroatoms. The number of hydrogen-bond acceptors (Lipinski definition) is 0. The van der Waals surface area contributed by atoms with Crippen LogP contribution in [0.5, 0.6) is 0 Å². The highest BCUT2D eigenvalue weighted by Crippen LogP contribution is 2.57. The van der Waals surface area contributed by atoms with Gasteiger partial charge in [-0.15, -0.1) is 0 Å². The molecule has 0 N–H and O–H groups in total. The van der Waals surface area contributed by atoms with E-state index in [1.54, 1.807) is 0 Å². The van der Waals surface area contributed by atoms with E-state index in [4.69, 9.17) is 0 Å². The lowest BCUT2D eigenvalue weighted by molar-refractivity contribution is 0.594. The first-order valence-electron chi connectivity index (χ1n) is 17.8. The fourth-order valence-electron chi connectivity index (χ4n) is 9.49. The van der Waals surface area contributed by atoms with Crippen molar-refractivity contribution in [2.45, 2.75) is 80.1 Å². The number of fused-ring (bicyclic) bond motifs is 1. The number of aryl methyl sites for hydroxylation is 6. The molecule has 2 aliphatic heterocycles. The van der Waals surface area contributed by atoms with Crippen LogP contribution in [0.25, 0.3) is 60.9 Å². The van der Waals surface area contributed by atoms with Gasteiger partial charge in [-0.2, -0.15) is 0 Å². The quantitative estimate of drug-likeness (QED) is 0.182. The van der Waals surface area contributed by atoms with Crippen LogP contribution >= 0.6 is 0 Å². The molecular formula is C48H45N. The Hall–Kier alpha value is -4.88. The maximum absolute atomic E-state index is 2.66. The monoisotopic (exact) mass is 635 g/mol. The maximum atomic E-state index is 2.66. The SMILES string of the molecule is Cc1cc(C)cc(-c2cc3c4c(c2)C(C)(C)c2cc(-c5cc(C)cc(C)c5)cc5c6cc(-c7cc(C)cc(C)c7)cc(c6n-4c25)C3(C)C)c1. The van der Waals surface area contributed by atoms with Crippen molar-refractivity contribution >= 4 is 21.8 Å². The van der Waals surface area contributed by atoms with Crippen LogP contribution in [-0.4, -0.2) is 4.57 Å². The molecular weight excluding hydrogens is 591 g/mol. The van der Waals surface area contributed by atoms with Gasteiger partial charge in [0.1, 0.15) is 0 Å². The van der Waals surface area contributed by atoms with Crippen molar-refractivity contribution in [2.24, 2.45) is 0 Å². The maximum Gasteiger partial charge on any atom is 0.0582 e. The largest absolute Gasteiger partial charge is 0.308 e. The average Bonchev–Trinajstić information content (AvgIpc) is 3.35. The van der Waals surface area contributed by atoms with Gasteiger partial charge >= 0.3 is 0 Å². The van der Waals surface area contributed by atoms with Gasteiger partial charge in [0.25, 0.3) is 0 Å². The topological polar surface area (TPSA) is 4.93 Å². The van der Waals surface area contributed by atoms with Crippen LogP contribution in [0.3, 0.4) is 0 Å². The van der Waals surface area contributed by atoms with Gasteiger partial charge in [0.2, 0.25) is 0 Å². The highest BCUT2D eigenvalue weighted by molar-refractivity contribution is 6.16. The summed E-state index contributed by atoms with van der Waals surface area (Å²) in [5, 5.41) is 2.71. The van der Waals surface area contributed by atoms with Gasteiger partial charge in [-0.1, -0.05) is 116 Å². The molecule has 49 heavy (non-hydrogen) atoms. The molecule has 242 valence electrons. The van der Waals surface area contributed by atoms with Crippen LogP contribution in [0.1, 0.15) is 83.3 Å². The van der Waals surface area contributed by atoms with Gasteiger partial charge in [0, 0.05) is 21.6 Å². The van der Waals surface area contributed by atoms with E-state index in [-0.39, 0.29) is 10.8 Å². The fourth-order valence-corrected chi connectivity index (χ4v) is 9.49. The summed E-state index contributed by atoms with van der Waals surface area (Å²) < 4.78 is 2.66. The number of benzene rings is 6. The Morgan fingerprint density at radius 1 is 0.327 bits per heavy atom. The summed E-state index contributed by atoms with van der Waals surface area (Å²) in [4.78, 5) is 0. The third-order valence-electron chi connectivity index (χ3n) is 11.6. The van der Waals surface area contributed by atoms with Crippen molar-refractivity contribution in [3.63, 3.8) is 0 Å². The zero-order chi connectivity index (χ0) is 34.3. The van der Waals surface area contributed by atoms with Gasteiger partial charge in [-0.3, -0.25) is 0 Å². The van der Waals surface area contributed by atoms with Crippen molar-refractivity contribution < 1.29 is 0 Å². The molecule has 3 heterocycles. The summed E-state index contributed by atoms with van der Waals surface area (Å²) in [5.74, 6) is 0. The number of aromatic nitrogens is 1. The normalized spacial score (nSPS) is 15.1. The molecule has 0 saturated carbocycles. The minimum absolute atomic E-state index is 0.208. The lowest BCUT2D eigenvalue weighted by Gasteiger charge is -2.43. The van der Waals surface area contributed by atoms with Crippen LogP contribution in [-0.2, 0) is 10.8 Å². The molecule has 0 unspecified atom stereocenters. The highest BCUT2D eigenvalue weighted by Gasteiger charge is 2.44. The molecule has 9 rings (SSSR count). The van der Waals surface area contributed by atoms with Crippen LogP contribution in [0.15, 0.2) is 91.0 Å². The second-order valence-corrected chi connectivity index (χ2v) is 16.5. The molecule has 1 aromatic heterocycles. The molecule has 7 aromatic rings. The van der Waals surface area contributed by atoms with E-state index in [1.165, 1.54) is 117 Å². The molecule has 0 aliphatic carbocycles. The zero-order valence-electron chi connectivity index (χ0n) is 30.6. The van der Waals surface area contributed by atoms with Crippen molar-refractivity contribution in [2.75, 3.05) is 0 Å². The van der Waals surface area contributed by atoms with E-state index in [1.807, 2.05) is 0 Å². The van der Waals surface area contributed by atoms with Gasteiger partial charge in [0.05, 0.1) is 16.7 Å².